The maximum absolute atomic E-state index is 13.8. The van der Waals surface area contributed by atoms with Crippen LogP contribution >= 0.6 is 0 Å². The Labute approximate surface area is 216 Å². The molecule has 1 aliphatic rings. The summed E-state index contributed by atoms with van der Waals surface area (Å²) in [5, 5.41) is 9.59. The van der Waals surface area contributed by atoms with Gasteiger partial charge >= 0.3 is 0 Å². The maximum atomic E-state index is 13.8. The third-order valence-electron chi connectivity index (χ3n) is 6.86. The van der Waals surface area contributed by atoms with Gasteiger partial charge in [0, 0.05) is 62.6 Å². The molecule has 0 N–H and O–H groups in total. The first-order valence-corrected chi connectivity index (χ1v) is 13.9. The molecule has 0 bridgehead atoms. The predicted octanol–water partition coefficient (Wildman–Crippen LogP) is 3.10. The van der Waals surface area contributed by atoms with E-state index in [0.717, 1.165) is 28.7 Å². The zero-order valence-electron chi connectivity index (χ0n) is 21.5. The van der Waals surface area contributed by atoms with Crippen molar-refractivity contribution in [1.82, 2.24) is 33.8 Å². The topological polar surface area (TPSA) is 106 Å². The highest BCUT2D eigenvalue weighted by atomic mass is 32.2. The molecule has 37 heavy (non-hydrogen) atoms. The molecule has 5 rings (SSSR count). The quantitative estimate of drug-likeness (QED) is 0.386. The number of hydrogen-bond acceptors (Lipinski definition) is 6. The molecule has 4 aromatic rings. The number of nitrogens with zero attached hydrogens (tertiary/aromatic N) is 7. The van der Waals surface area contributed by atoms with Gasteiger partial charge in [-0.2, -0.15) is 14.5 Å². The van der Waals surface area contributed by atoms with Crippen LogP contribution in [-0.4, -0.2) is 74.3 Å². The first-order chi connectivity index (χ1) is 17.7. The van der Waals surface area contributed by atoms with Crippen molar-refractivity contribution in [2.45, 2.75) is 45.7 Å². The van der Waals surface area contributed by atoms with Crippen LogP contribution in [0.15, 0.2) is 47.6 Å². The van der Waals surface area contributed by atoms with E-state index >= 15 is 0 Å². The van der Waals surface area contributed by atoms with Gasteiger partial charge in [0.05, 0.1) is 28.2 Å². The van der Waals surface area contributed by atoms with Crippen LogP contribution in [0.25, 0.3) is 22.2 Å². The van der Waals surface area contributed by atoms with Crippen molar-refractivity contribution in [2.24, 2.45) is 0 Å². The van der Waals surface area contributed by atoms with E-state index in [0.29, 0.717) is 36.6 Å². The summed E-state index contributed by atoms with van der Waals surface area (Å²) in [6.45, 7) is 9.98. The molecule has 0 spiro atoms. The minimum Gasteiger partial charge on any atom is -0.336 e. The number of fused-ring (bicyclic) bond motifs is 1. The molecule has 1 amide bonds. The fourth-order valence-corrected chi connectivity index (χ4v) is 6.37. The Hall–Kier alpha value is -3.57. The normalized spacial score (nSPS) is 15.0. The summed E-state index contributed by atoms with van der Waals surface area (Å²) in [7, 11) is -3.69. The molecule has 4 heterocycles. The Morgan fingerprint density at radius 2 is 1.57 bits per heavy atom. The van der Waals surface area contributed by atoms with Crippen LogP contribution in [0.1, 0.15) is 35.6 Å². The molecule has 0 radical (unpaired) electrons. The lowest BCUT2D eigenvalue weighted by Gasteiger charge is -2.34. The van der Waals surface area contributed by atoms with Gasteiger partial charge in [-0.3, -0.25) is 14.2 Å². The van der Waals surface area contributed by atoms with Crippen molar-refractivity contribution >= 4 is 26.8 Å². The second kappa shape index (κ2) is 9.71. The summed E-state index contributed by atoms with van der Waals surface area (Å²) in [6.07, 6.45) is 3.53. The molecular weight excluding hydrogens is 490 g/mol. The summed E-state index contributed by atoms with van der Waals surface area (Å²) in [5.74, 6) is -0.132. The molecule has 11 heteroatoms. The molecule has 3 aromatic heterocycles. The van der Waals surface area contributed by atoms with Crippen LogP contribution in [0, 0.1) is 13.8 Å². The maximum Gasteiger partial charge on any atom is 0.254 e. The Bertz CT molecular complexity index is 1580. The second-order valence-corrected chi connectivity index (χ2v) is 11.1. The minimum absolute atomic E-state index is 0.132. The van der Waals surface area contributed by atoms with Gasteiger partial charge in [0.25, 0.3) is 5.91 Å². The molecule has 1 aromatic carbocycles. The minimum atomic E-state index is -3.69. The van der Waals surface area contributed by atoms with E-state index in [2.05, 4.69) is 10.2 Å². The zero-order valence-corrected chi connectivity index (χ0v) is 22.4. The van der Waals surface area contributed by atoms with E-state index in [1.165, 1.54) is 4.31 Å². The number of piperazine rings is 1. The molecule has 0 atom stereocenters. The van der Waals surface area contributed by atoms with Crippen LogP contribution in [0.3, 0.4) is 0 Å². The average molecular weight is 522 g/mol. The van der Waals surface area contributed by atoms with Gasteiger partial charge < -0.3 is 4.90 Å². The second-order valence-electron chi connectivity index (χ2n) is 9.19. The number of para-hydroxylation sites is 1. The molecule has 1 fully saturated rings. The van der Waals surface area contributed by atoms with E-state index in [1.807, 2.05) is 62.0 Å². The lowest BCUT2D eigenvalue weighted by Crippen LogP contribution is -2.50. The molecular formula is C26H31N7O3S. The number of benzene rings is 1. The van der Waals surface area contributed by atoms with Crippen molar-refractivity contribution in [3.05, 3.63) is 59.7 Å². The molecule has 10 nitrogen and oxygen atoms in total. The van der Waals surface area contributed by atoms with Gasteiger partial charge in [0.15, 0.2) is 0 Å². The van der Waals surface area contributed by atoms with Gasteiger partial charge in [0.2, 0.25) is 10.0 Å². The number of pyridine rings is 1. The van der Waals surface area contributed by atoms with E-state index < -0.39 is 10.0 Å². The highest BCUT2D eigenvalue weighted by Crippen LogP contribution is 2.28. The van der Waals surface area contributed by atoms with E-state index in [4.69, 9.17) is 4.98 Å². The Balaban J connectivity index is 1.42. The number of aromatic nitrogens is 5. The molecule has 1 saturated heterocycles. The summed E-state index contributed by atoms with van der Waals surface area (Å²) in [6, 6.07) is 9.43. The van der Waals surface area contributed by atoms with Crippen LogP contribution in [-0.2, 0) is 23.1 Å². The third kappa shape index (κ3) is 4.53. The van der Waals surface area contributed by atoms with Crippen molar-refractivity contribution in [3.8, 4) is 11.3 Å². The molecule has 1 aliphatic heterocycles. The van der Waals surface area contributed by atoms with E-state index in [9.17, 15) is 13.2 Å². The van der Waals surface area contributed by atoms with E-state index in [-0.39, 0.29) is 23.9 Å². The average Bonchev–Trinajstić information content (AvgIpc) is 3.49. The molecule has 0 saturated carbocycles. The number of carbonyl (C=O) groups is 1. The summed E-state index contributed by atoms with van der Waals surface area (Å²) >= 11 is 0. The lowest BCUT2D eigenvalue weighted by molar-refractivity contribution is 0.0700. The standard InChI is InChI=1S/C26H31N7O3S/c1-5-31-16-22(18(3)28-31)24-15-21(20-9-7-8-10-23(20)27-24)26(34)30-11-13-33(14-12-30)37(35,36)25-17-32(6-2)29-19(25)4/h7-10,15-17H,5-6,11-14H2,1-4H3. The number of aryl methyl sites for hydroxylation is 4. The van der Waals surface area contributed by atoms with Gasteiger partial charge in [-0.1, -0.05) is 18.2 Å². The van der Waals surface area contributed by atoms with Gasteiger partial charge in [-0.05, 0) is 39.8 Å². The Kier molecular flexibility index (Phi) is 6.59. The third-order valence-corrected chi connectivity index (χ3v) is 8.86. The van der Waals surface area contributed by atoms with Gasteiger partial charge in [-0.25, -0.2) is 13.4 Å². The van der Waals surface area contributed by atoms with Crippen LogP contribution < -0.4 is 0 Å². The fourth-order valence-electron chi connectivity index (χ4n) is 4.78. The highest BCUT2D eigenvalue weighted by Gasteiger charge is 2.33. The summed E-state index contributed by atoms with van der Waals surface area (Å²) in [4.78, 5) is 20.5. The van der Waals surface area contributed by atoms with Gasteiger partial charge in [0.1, 0.15) is 4.90 Å². The van der Waals surface area contributed by atoms with Crippen molar-refractivity contribution in [1.29, 1.82) is 0 Å². The number of carbonyl (C=O) groups excluding carboxylic acids is 1. The number of amides is 1. The van der Waals surface area contributed by atoms with Crippen molar-refractivity contribution < 1.29 is 13.2 Å². The summed E-state index contributed by atoms with van der Waals surface area (Å²) in [5.41, 5.74) is 4.21. The van der Waals surface area contributed by atoms with Crippen molar-refractivity contribution in [3.63, 3.8) is 0 Å². The molecule has 0 aliphatic carbocycles. The highest BCUT2D eigenvalue weighted by molar-refractivity contribution is 7.89. The predicted molar refractivity (Wildman–Crippen MR) is 141 cm³/mol. The SMILES string of the molecule is CCn1cc(-c2cc(C(=O)N3CCN(S(=O)(=O)c4cn(CC)nc4C)CC3)c3ccccc3n2)c(C)n1. The van der Waals surface area contributed by atoms with Gasteiger partial charge in [-0.15, -0.1) is 0 Å². The fraction of sp³-hybridized carbons (Fsp3) is 0.385. The largest absolute Gasteiger partial charge is 0.336 e. The lowest BCUT2D eigenvalue weighted by atomic mass is 10.0. The first-order valence-electron chi connectivity index (χ1n) is 12.5. The summed E-state index contributed by atoms with van der Waals surface area (Å²) < 4.78 is 31.5. The first kappa shape index (κ1) is 25.1. The Morgan fingerprint density at radius 1 is 0.919 bits per heavy atom. The monoisotopic (exact) mass is 521 g/mol. The number of sulfonamides is 1. The van der Waals surface area contributed by atoms with E-state index in [1.54, 1.807) is 22.7 Å². The van der Waals surface area contributed by atoms with Crippen molar-refractivity contribution in [2.75, 3.05) is 26.2 Å². The molecule has 0 unspecified atom stereocenters. The number of hydrogen-bond donors (Lipinski definition) is 0. The van der Waals surface area contributed by atoms with Crippen LogP contribution in [0.5, 0.6) is 0 Å². The number of rotatable bonds is 6. The molecule has 194 valence electrons. The van der Waals surface area contributed by atoms with Crippen LogP contribution in [0.2, 0.25) is 0 Å². The zero-order chi connectivity index (χ0) is 26.3. The van der Waals surface area contributed by atoms with Crippen LogP contribution in [0.4, 0.5) is 0 Å². The smallest absolute Gasteiger partial charge is 0.254 e. The Morgan fingerprint density at radius 3 is 2.22 bits per heavy atom.